The van der Waals surface area contributed by atoms with Crippen LogP contribution in [0.15, 0.2) is 12.2 Å². The van der Waals surface area contributed by atoms with E-state index in [9.17, 15) is 19.8 Å². The van der Waals surface area contributed by atoms with Crippen LogP contribution in [-0.4, -0.2) is 47.4 Å². The topological polar surface area (TPSA) is 95.9 Å². The molecule has 0 aliphatic carbocycles. The lowest BCUT2D eigenvalue weighted by Gasteiger charge is -2.22. The van der Waals surface area contributed by atoms with E-state index >= 15 is 0 Å². The molecule has 0 rings (SSSR count). The fourth-order valence-electron chi connectivity index (χ4n) is 9.46. The second-order valence-corrected chi connectivity index (χ2v) is 20.7. The maximum Gasteiger partial charge on any atom is 0.305 e. The molecule has 0 radical (unpaired) electrons. The second-order valence-electron chi connectivity index (χ2n) is 20.7. The Morgan fingerprint density at radius 2 is 0.712 bits per heavy atom. The molecule has 0 aliphatic heterocycles. The lowest BCUT2D eigenvalue weighted by molar-refractivity contribution is -0.143. The summed E-state index contributed by atoms with van der Waals surface area (Å²) in [6, 6.07) is -0.547. The Bertz CT molecular complexity index is 986. The van der Waals surface area contributed by atoms with Gasteiger partial charge in [-0.3, -0.25) is 9.59 Å². The average Bonchev–Trinajstić information content (AvgIpc) is 3.32. The van der Waals surface area contributed by atoms with E-state index in [-0.39, 0.29) is 18.5 Å². The minimum atomic E-state index is -0.669. The quantitative estimate of drug-likeness (QED) is 0.0321. The van der Waals surface area contributed by atoms with E-state index in [1.165, 1.54) is 257 Å². The highest BCUT2D eigenvalue weighted by Gasteiger charge is 2.20. The first kappa shape index (κ1) is 64.6. The molecule has 0 aromatic rings. The first-order valence-corrected chi connectivity index (χ1v) is 29.9. The molecule has 66 heavy (non-hydrogen) atoms. The van der Waals surface area contributed by atoms with Crippen LogP contribution in [0.25, 0.3) is 0 Å². The van der Waals surface area contributed by atoms with Crippen LogP contribution in [0.2, 0.25) is 0 Å². The van der Waals surface area contributed by atoms with Gasteiger partial charge in [0, 0.05) is 12.8 Å². The lowest BCUT2D eigenvalue weighted by atomic mass is 10.0. The van der Waals surface area contributed by atoms with Crippen molar-refractivity contribution >= 4 is 11.9 Å². The largest absolute Gasteiger partial charge is 0.466 e. The highest BCUT2D eigenvalue weighted by Crippen LogP contribution is 2.18. The number of aliphatic hydroxyl groups is 2. The summed E-state index contributed by atoms with van der Waals surface area (Å²) in [7, 11) is 0. The zero-order valence-electron chi connectivity index (χ0n) is 44.7. The highest BCUT2D eigenvalue weighted by molar-refractivity contribution is 5.76. The number of carbonyl (C=O) groups is 2. The standard InChI is InChI=1S/C60H117NO5/c1-3-5-7-9-11-13-15-17-18-19-20-21-22-23-26-29-32-36-40-44-48-52-58(63)57(56-62)61-59(64)53-49-45-41-37-33-30-27-24-25-28-31-35-39-43-47-51-55-66-60(65)54-50-46-42-38-34-16-14-12-10-8-6-4-2/h12,14,57-58,62-63H,3-11,13,15-56H2,1-2H3,(H,61,64)/b14-12-. The SMILES string of the molecule is CCCCC/C=C\CCCCCCCC(=O)OCCCCCCCCCCCCCCCCCCC(=O)NC(CO)C(O)CCCCCCCCCCCCCCCCCCCCCCC. The summed E-state index contributed by atoms with van der Waals surface area (Å²) >= 11 is 0. The predicted octanol–water partition coefficient (Wildman–Crippen LogP) is 18.5. The lowest BCUT2D eigenvalue weighted by Crippen LogP contribution is -2.45. The summed E-state index contributed by atoms with van der Waals surface area (Å²) in [6.07, 6.45) is 66.3. The number of carbonyl (C=O) groups excluding carboxylic acids is 2. The van der Waals surface area contributed by atoms with Gasteiger partial charge in [-0.05, 0) is 51.4 Å². The van der Waals surface area contributed by atoms with Gasteiger partial charge in [-0.2, -0.15) is 0 Å². The van der Waals surface area contributed by atoms with Gasteiger partial charge in [-0.15, -0.1) is 0 Å². The Kier molecular flexibility index (Phi) is 55.0. The molecule has 6 nitrogen and oxygen atoms in total. The summed E-state index contributed by atoms with van der Waals surface area (Å²) in [5, 5.41) is 23.4. The van der Waals surface area contributed by atoms with Crippen molar-refractivity contribution in [1.82, 2.24) is 5.32 Å². The van der Waals surface area contributed by atoms with E-state index < -0.39 is 12.1 Å². The summed E-state index contributed by atoms with van der Waals surface area (Å²) in [5.74, 6) is -0.0444. The molecule has 0 spiro atoms. The molecule has 0 fully saturated rings. The molecule has 0 aromatic heterocycles. The summed E-state index contributed by atoms with van der Waals surface area (Å²) in [4.78, 5) is 24.5. The predicted molar refractivity (Wildman–Crippen MR) is 287 cm³/mol. The van der Waals surface area contributed by atoms with Gasteiger partial charge in [-0.25, -0.2) is 0 Å². The Morgan fingerprint density at radius 3 is 1.11 bits per heavy atom. The minimum absolute atomic E-state index is 0.00600. The van der Waals surface area contributed by atoms with Crippen molar-refractivity contribution in [1.29, 1.82) is 0 Å². The Balaban J connectivity index is 3.42. The van der Waals surface area contributed by atoms with Crippen LogP contribution < -0.4 is 5.32 Å². The van der Waals surface area contributed by atoms with E-state index in [2.05, 4.69) is 31.3 Å². The van der Waals surface area contributed by atoms with Crippen LogP contribution in [-0.2, 0) is 14.3 Å². The van der Waals surface area contributed by atoms with Crippen molar-refractivity contribution in [2.24, 2.45) is 0 Å². The molecule has 0 heterocycles. The van der Waals surface area contributed by atoms with Gasteiger partial charge in [0.15, 0.2) is 0 Å². The normalized spacial score (nSPS) is 12.6. The molecule has 392 valence electrons. The number of nitrogens with one attached hydrogen (secondary N) is 1. The molecule has 0 aliphatic rings. The number of hydrogen-bond acceptors (Lipinski definition) is 5. The number of unbranched alkanes of at least 4 members (excludes halogenated alkanes) is 43. The van der Waals surface area contributed by atoms with Gasteiger partial charge in [0.2, 0.25) is 5.91 Å². The smallest absolute Gasteiger partial charge is 0.305 e. The third-order valence-corrected chi connectivity index (χ3v) is 14.1. The van der Waals surface area contributed by atoms with Crippen LogP contribution >= 0.6 is 0 Å². The molecule has 2 unspecified atom stereocenters. The van der Waals surface area contributed by atoms with Crippen LogP contribution in [0.5, 0.6) is 0 Å². The zero-order valence-corrected chi connectivity index (χ0v) is 44.7. The Morgan fingerprint density at radius 1 is 0.409 bits per heavy atom. The Labute approximate surface area is 412 Å². The van der Waals surface area contributed by atoms with Crippen molar-refractivity contribution in [3.05, 3.63) is 12.2 Å². The molecular weight excluding hydrogens is 815 g/mol. The molecule has 3 N–H and O–H groups in total. The summed E-state index contributed by atoms with van der Waals surface area (Å²) in [6.45, 7) is 4.94. The van der Waals surface area contributed by atoms with Crippen molar-refractivity contribution in [2.75, 3.05) is 13.2 Å². The molecule has 0 bridgehead atoms. The number of hydrogen-bond donors (Lipinski definition) is 3. The van der Waals surface area contributed by atoms with Gasteiger partial charge in [0.05, 0.1) is 25.4 Å². The van der Waals surface area contributed by atoms with E-state index in [4.69, 9.17) is 4.74 Å². The fourth-order valence-corrected chi connectivity index (χ4v) is 9.46. The van der Waals surface area contributed by atoms with E-state index in [0.717, 1.165) is 44.9 Å². The van der Waals surface area contributed by atoms with Gasteiger partial charge in [-0.1, -0.05) is 283 Å². The fraction of sp³-hybridized carbons (Fsp3) is 0.933. The Hall–Kier alpha value is -1.40. The van der Waals surface area contributed by atoms with E-state index in [1.807, 2.05) is 0 Å². The third-order valence-electron chi connectivity index (χ3n) is 14.1. The molecular formula is C60H117NO5. The molecule has 0 saturated carbocycles. The van der Waals surface area contributed by atoms with Crippen LogP contribution in [0.1, 0.15) is 335 Å². The molecule has 2 atom stereocenters. The van der Waals surface area contributed by atoms with Gasteiger partial charge in [0.25, 0.3) is 0 Å². The van der Waals surface area contributed by atoms with Gasteiger partial charge >= 0.3 is 5.97 Å². The van der Waals surface area contributed by atoms with Crippen LogP contribution in [0.4, 0.5) is 0 Å². The van der Waals surface area contributed by atoms with Gasteiger partial charge < -0.3 is 20.3 Å². The first-order chi connectivity index (χ1) is 32.5. The second kappa shape index (κ2) is 56.2. The number of ether oxygens (including phenoxy) is 1. The highest BCUT2D eigenvalue weighted by atomic mass is 16.5. The van der Waals surface area contributed by atoms with Crippen molar-refractivity contribution in [3.8, 4) is 0 Å². The monoisotopic (exact) mass is 932 g/mol. The van der Waals surface area contributed by atoms with E-state index in [1.54, 1.807) is 0 Å². The number of esters is 1. The van der Waals surface area contributed by atoms with Gasteiger partial charge in [0.1, 0.15) is 0 Å². The maximum atomic E-state index is 12.5. The molecule has 0 saturated heterocycles. The van der Waals surface area contributed by atoms with Crippen molar-refractivity contribution in [3.63, 3.8) is 0 Å². The average molecular weight is 933 g/mol. The maximum absolute atomic E-state index is 12.5. The number of aliphatic hydroxyl groups excluding tert-OH is 2. The molecule has 6 heteroatoms. The molecule has 1 amide bonds. The zero-order chi connectivity index (χ0) is 47.9. The number of amides is 1. The number of rotatable bonds is 56. The van der Waals surface area contributed by atoms with Crippen molar-refractivity contribution < 1.29 is 24.5 Å². The minimum Gasteiger partial charge on any atom is -0.466 e. The van der Waals surface area contributed by atoms with Crippen LogP contribution in [0, 0.1) is 0 Å². The first-order valence-electron chi connectivity index (χ1n) is 29.9. The van der Waals surface area contributed by atoms with Crippen molar-refractivity contribution in [2.45, 2.75) is 347 Å². The molecule has 0 aromatic carbocycles. The number of allylic oxidation sites excluding steroid dienone is 2. The summed E-state index contributed by atoms with van der Waals surface area (Å²) in [5.41, 5.74) is 0. The summed E-state index contributed by atoms with van der Waals surface area (Å²) < 4.78 is 5.46. The van der Waals surface area contributed by atoms with E-state index in [0.29, 0.717) is 25.9 Å². The third kappa shape index (κ3) is 52.0. The van der Waals surface area contributed by atoms with Crippen LogP contribution in [0.3, 0.4) is 0 Å².